The van der Waals surface area contributed by atoms with Crippen LogP contribution in [0.1, 0.15) is 0 Å². The third-order valence-corrected chi connectivity index (χ3v) is 2.19. The van der Waals surface area contributed by atoms with Gasteiger partial charge in [0.1, 0.15) is 6.07 Å². The van der Waals surface area contributed by atoms with Crippen molar-refractivity contribution in [1.82, 2.24) is 0 Å². The van der Waals surface area contributed by atoms with Crippen molar-refractivity contribution in [3.63, 3.8) is 0 Å². The molecule has 0 fully saturated rings. The van der Waals surface area contributed by atoms with Gasteiger partial charge in [-0.15, -0.1) is 0 Å². The zero-order chi connectivity index (χ0) is 18.7. The molecule has 1 aromatic carbocycles. The molecule has 1 rings (SSSR count). The molecule has 12 nitrogen and oxygen atoms in total. The van der Waals surface area contributed by atoms with Crippen LogP contribution in [0.3, 0.4) is 0 Å². The van der Waals surface area contributed by atoms with E-state index in [4.69, 9.17) is 0 Å². The Morgan fingerprint density at radius 1 is 0.958 bits per heavy atom. The second kappa shape index (κ2) is 6.71. The molecule has 24 heavy (non-hydrogen) atoms. The summed E-state index contributed by atoms with van der Waals surface area (Å²) in [5, 5.41) is 32.2. The molecule has 0 bridgehead atoms. The van der Waals surface area contributed by atoms with Crippen LogP contribution in [0.5, 0.6) is 5.75 Å². The average Bonchev–Trinajstić information content (AvgIpc) is 2.43. The molecule has 0 saturated heterocycles. The Balaban J connectivity index is 3.23. The second-order valence-corrected chi connectivity index (χ2v) is 3.84. The largest absolute Gasteiger partial charge is 0.514 e. The minimum atomic E-state index is -4.91. The molecule has 0 spiro atoms. The van der Waals surface area contributed by atoms with Crippen molar-refractivity contribution in [2.24, 2.45) is 0 Å². The standard InChI is InChI=1S/C9H4F3N3O9/c10-9(11,12)3-23-8(16)24-7-2-5(14(19)20)4(13(17)18)1-6(7)15(21)22/h1-2H,3H2. The Hall–Kier alpha value is -3.52. The van der Waals surface area contributed by atoms with Gasteiger partial charge in [-0.3, -0.25) is 30.3 Å². The van der Waals surface area contributed by atoms with Crippen molar-refractivity contribution in [1.29, 1.82) is 0 Å². The first-order valence-electron chi connectivity index (χ1n) is 5.45. The maximum Gasteiger partial charge on any atom is 0.514 e. The Morgan fingerprint density at radius 3 is 1.83 bits per heavy atom. The number of alkyl halides is 3. The molecule has 0 atom stereocenters. The lowest BCUT2D eigenvalue weighted by molar-refractivity contribution is -0.424. The van der Waals surface area contributed by atoms with E-state index in [1.165, 1.54) is 0 Å². The summed E-state index contributed by atoms with van der Waals surface area (Å²) in [5.74, 6) is -1.19. The average molecular weight is 355 g/mol. The Kier molecular flexibility index (Phi) is 5.18. The number of benzene rings is 1. The number of carbonyl (C=O) groups excluding carboxylic acids is 1. The highest BCUT2D eigenvalue weighted by atomic mass is 19.4. The number of ether oxygens (including phenoxy) is 2. The highest BCUT2D eigenvalue weighted by molar-refractivity contribution is 5.71. The SMILES string of the molecule is O=C(OCC(F)(F)F)Oc1cc([N+](=O)[O-])c([N+](=O)[O-])cc1[N+](=O)[O-]. The third-order valence-electron chi connectivity index (χ3n) is 2.19. The van der Waals surface area contributed by atoms with E-state index in [0.717, 1.165) is 0 Å². The van der Waals surface area contributed by atoms with Gasteiger partial charge in [0, 0.05) is 0 Å². The fraction of sp³-hybridized carbons (Fsp3) is 0.222. The van der Waals surface area contributed by atoms with Gasteiger partial charge in [0.15, 0.2) is 6.61 Å². The van der Waals surface area contributed by atoms with Gasteiger partial charge in [-0.1, -0.05) is 0 Å². The molecular formula is C9H4F3N3O9. The zero-order valence-corrected chi connectivity index (χ0v) is 11.0. The predicted molar refractivity (Wildman–Crippen MR) is 64.4 cm³/mol. The van der Waals surface area contributed by atoms with Crippen LogP contribution in [0.15, 0.2) is 12.1 Å². The van der Waals surface area contributed by atoms with E-state index >= 15 is 0 Å². The van der Waals surface area contributed by atoms with Crippen molar-refractivity contribution in [3.8, 4) is 5.75 Å². The fourth-order valence-corrected chi connectivity index (χ4v) is 1.32. The highest BCUT2D eigenvalue weighted by Crippen LogP contribution is 2.38. The van der Waals surface area contributed by atoms with E-state index in [0.29, 0.717) is 0 Å². The van der Waals surface area contributed by atoms with E-state index < -0.39 is 56.5 Å². The van der Waals surface area contributed by atoms with Crippen LogP contribution in [0.4, 0.5) is 35.0 Å². The molecule has 0 N–H and O–H groups in total. The minimum Gasteiger partial charge on any atom is -0.424 e. The highest BCUT2D eigenvalue weighted by Gasteiger charge is 2.34. The van der Waals surface area contributed by atoms with Crippen LogP contribution < -0.4 is 4.74 Å². The van der Waals surface area contributed by atoms with E-state index in [1.54, 1.807) is 0 Å². The molecule has 0 heterocycles. The summed E-state index contributed by atoms with van der Waals surface area (Å²) >= 11 is 0. The molecule has 0 aliphatic rings. The first-order valence-corrected chi connectivity index (χ1v) is 5.45. The van der Waals surface area contributed by atoms with Gasteiger partial charge in [0.2, 0.25) is 5.75 Å². The monoisotopic (exact) mass is 355 g/mol. The van der Waals surface area contributed by atoms with Crippen molar-refractivity contribution in [2.45, 2.75) is 6.18 Å². The molecule has 1 aromatic rings. The van der Waals surface area contributed by atoms with Crippen LogP contribution in [0.25, 0.3) is 0 Å². The lowest BCUT2D eigenvalue weighted by Crippen LogP contribution is -2.22. The molecule has 0 aromatic heterocycles. The Labute approximate surface area is 127 Å². The van der Waals surface area contributed by atoms with Gasteiger partial charge in [-0.05, 0) is 0 Å². The normalized spacial score (nSPS) is 10.8. The predicted octanol–water partition coefficient (Wildman–Crippen LogP) is 2.49. The first kappa shape index (κ1) is 18.5. The number of halogens is 3. The Bertz CT molecular complexity index is 718. The number of carbonyl (C=O) groups is 1. The summed E-state index contributed by atoms with van der Waals surface area (Å²) in [7, 11) is 0. The summed E-state index contributed by atoms with van der Waals surface area (Å²) < 4.78 is 43.3. The molecule has 0 aliphatic heterocycles. The molecule has 0 saturated carbocycles. The van der Waals surface area contributed by atoms with Crippen molar-refractivity contribution in [3.05, 3.63) is 42.5 Å². The maximum absolute atomic E-state index is 11.9. The van der Waals surface area contributed by atoms with Gasteiger partial charge < -0.3 is 9.47 Å². The minimum absolute atomic E-state index is 0.129. The lowest BCUT2D eigenvalue weighted by Gasteiger charge is -2.08. The lowest BCUT2D eigenvalue weighted by atomic mass is 10.2. The van der Waals surface area contributed by atoms with Crippen LogP contribution in [0.2, 0.25) is 0 Å². The van der Waals surface area contributed by atoms with Gasteiger partial charge in [-0.2, -0.15) is 13.2 Å². The smallest absolute Gasteiger partial charge is 0.424 e. The van der Waals surface area contributed by atoms with Crippen molar-refractivity contribution in [2.75, 3.05) is 6.61 Å². The van der Waals surface area contributed by atoms with Gasteiger partial charge in [-0.25, -0.2) is 4.79 Å². The van der Waals surface area contributed by atoms with Gasteiger partial charge in [0.25, 0.3) is 0 Å². The van der Waals surface area contributed by atoms with Crippen LogP contribution in [-0.4, -0.2) is 33.7 Å². The van der Waals surface area contributed by atoms with Gasteiger partial charge >= 0.3 is 29.4 Å². The molecular weight excluding hydrogens is 351 g/mol. The third kappa shape index (κ3) is 4.75. The summed E-state index contributed by atoms with van der Waals surface area (Å²) in [6.07, 6.45) is -6.95. The van der Waals surface area contributed by atoms with E-state index in [2.05, 4.69) is 9.47 Å². The van der Waals surface area contributed by atoms with Gasteiger partial charge in [0.05, 0.1) is 20.8 Å². The number of nitrogens with zero attached hydrogens (tertiary/aromatic N) is 3. The molecule has 15 heteroatoms. The molecule has 130 valence electrons. The quantitative estimate of drug-likeness (QED) is 0.334. The number of rotatable bonds is 5. The van der Waals surface area contributed by atoms with Crippen LogP contribution in [-0.2, 0) is 4.74 Å². The van der Waals surface area contributed by atoms with Crippen LogP contribution >= 0.6 is 0 Å². The van der Waals surface area contributed by atoms with E-state index in [9.17, 15) is 48.3 Å². The van der Waals surface area contributed by atoms with Crippen LogP contribution in [0, 0.1) is 30.3 Å². The maximum atomic E-state index is 11.9. The van der Waals surface area contributed by atoms with E-state index in [-0.39, 0.29) is 12.1 Å². The number of hydrogen-bond acceptors (Lipinski definition) is 9. The van der Waals surface area contributed by atoms with E-state index in [1.807, 2.05) is 0 Å². The van der Waals surface area contributed by atoms with Crippen molar-refractivity contribution < 1.29 is 42.2 Å². The number of nitro groups is 3. The topological polar surface area (TPSA) is 165 Å². The molecule has 0 unspecified atom stereocenters. The van der Waals surface area contributed by atoms with Crippen molar-refractivity contribution >= 4 is 23.2 Å². The summed E-state index contributed by atoms with van der Waals surface area (Å²) in [6.45, 7) is -2.07. The number of hydrogen-bond donors (Lipinski definition) is 0. The second-order valence-electron chi connectivity index (χ2n) is 3.84. The molecule has 0 aliphatic carbocycles. The molecule has 0 radical (unpaired) electrons. The summed E-state index contributed by atoms with van der Waals surface area (Å²) in [5.41, 5.74) is -3.80. The summed E-state index contributed by atoms with van der Waals surface area (Å²) in [6, 6.07) is 0.287. The Morgan fingerprint density at radius 2 is 1.42 bits per heavy atom. The fourth-order valence-electron chi connectivity index (χ4n) is 1.32. The number of nitro benzene ring substituents is 3. The summed E-state index contributed by atoms with van der Waals surface area (Å²) in [4.78, 5) is 39.3. The first-order chi connectivity index (χ1) is 10.9. The zero-order valence-electron chi connectivity index (χ0n) is 11.0. The molecule has 0 amide bonds.